The van der Waals surface area contributed by atoms with Gasteiger partial charge in [-0.15, -0.1) is 0 Å². The molecule has 0 bridgehead atoms. The molecule has 4 aromatic rings. The van der Waals surface area contributed by atoms with E-state index >= 15 is 8.78 Å². The molecule has 3 N–H and O–H groups in total. The highest BCUT2D eigenvalue weighted by atomic mass is 19.4. The first-order valence-electron chi connectivity index (χ1n) is 14.2. The van der Waals surface area contributed by atoms with Crippen molar-refractivity contribution in [1.29, 1.82) is 0 Å². The summed E-state index contributed by atoms with van der Waals surface area (Å²) in [6.07, 6.45) is -2.90. The smallest absolute Gasteiger partial charge is 0.416 e. The van der Waals surface area contributed by atoms with Crippen molar-refractivity contribution in [2.24, 2.45) is 5.73 Å². The zero-order valence-corrected chi connectivity index (χ0v) is 24.5. The van der Waals surface area contributed by atoms with Crippen molar-refractivity contribution < 1.29 is 31.5 Å². The number of para-hydroxylation sites is 1. The fraction of sp³-hybridized carbons (Fsp3) is 0.312. The third-order valence-electron chi connectivity index (χ3n) is 7.87. The number of primary amides is 1. The Hall–Kier alpha value is -4.45. The number of benzene rings is 3. The fourth-order valence-electron chi connectivity index (χ4n) is 5.79. The number of aryl methyl sites for hydroxylation is 2. The van der Waals surface area contributed by atoms with Crippen LogP contribution >= 0.6 is 0 Å². The SMILES string of the molecule is CCc1cccc(CC)c1-n1nc2c(c1-c1cc(F)c(NC(N)=O)cc1F)CN(Cc1cc(OC)ccc1C(F)(F)F)CC2. The Morgan fingerprint density at radius 3 is 2.34 bits per heavy atom. The van der Waals surface area contributed by atoms with Gasteiger partial charge in [0.05, 0.1) is 35.4 Å². The van der Waals surface area contributed by atoms with Crippen LogP contribution in [-0.4, -0.2) is 34.4 Å². The molecule has 2 heterocycles. The van der Waals surface area contributed by atoms with Gasteiger partial charge in [0.1, 0.15) is 17.4 Å². The molecule has 44 heavy (non-hydrogen) atoms. The summed E-state index contributed by atoms with van der Waals surface area (Å²) in [5, 5.41) is 6.98. The largest absolute Gasteiger partial charge is 0.497 e. The van der Waals surface area contributed by atoms with E-state index in [1.165, 1.54) is 19.2 Å². The highest BCUT2D eigenvalue weighted by Gasteiger charge is 2.35. The van der Waals surface area contributed by atoms with E-state index in [1.807, 2.05) is 36.9 Å². The number of carbonyl (C=O) groups is 1. The van der Waals surface area contributed by atoms with Gasteiger partial charge in [-0.25, -0.2) is 18.3 Å². The summed E-state index contributed by atoms with van der Waals surface area (Å²) >= 11 is 0. The van der Waals surface area contributed by atoms with E-state index in [0.717, 1.165) is 35.0 Å². The quantitative estimate of drug-likeness (QED) is 0.209. The number of aromatic nitrogens is 2. The molecular formula is C32H32F5N5O2. The number of amides is 2. The molecule has 1 aromatic heterocycles. The summed E-state index contributed by atoms with van der Waals surface area (Å²) in [7, 11) is 1.39. The molecule has 0 atom stereocenters. The first kappa shape index (κ1) is 31.0. The number of nitrogens with two attached hydrogens (primary N) is 1. The first-order chi connectivity index (χ1) is 20.9. The molecule has 1 aliphatic rings. The molecule has 0 fully saturated rings. The van der Waals surface area contributed by atoms with Crippen molar-refractivity contribution in [3.63, 3.8) is 0 Å². The Morgan fingerprint density at radius 1 is 1.02 bits per heavy atom. The molecule has 12 heteroatoms. The minimum atomic E-state index is -4.57. The van der Waals surface area contributed by atoms with Crippen molar-refractivity contribution in [3.05, 3.63) is 93.7 Å². The van der Waals surface area contributed by atoms with E-state index < -0.39 is 35.1 Å². The molecule has 0 unspecified atom stereocenters. The molecular weight excluding hydrogens is 581 g/mol. The summed E-state index contributed by atoms with van der Waals surface area (Å²) in [5.74, 6) is -1.43. The molecule has 0 aliphatic carbocycles. The number of methoxy groups -OCH3 is 1. The maximum absolute atomic E-state index is 15.8. The molecule has 3 aromatic carbocycles. The van der Waals surface area contributed by atoms with Gasteiger partial charge in [-0.05, 0) is 53.8 Å². The topological polar surface area (TPSA) is 85.4 Å². The lowest BCUT2D eigenvalue weighted by atomic mass is 9.97. The van der Waals surface area contributed by atoms with Crippen LogP contribution in [-0.2, 0) is 38.5 Å². The number of nitrogens with one attached hydrogen (secondary N) is 1. The minimum absolute atomic E-state index is 0.0398. The number of anilines is 1. The molecule has 2 amide bonds. The maximum Gasteiger partial charge on any atom is 0.416 e. The fourth-order valence-corrected chi connectivity index (χ4v) is 5.79. The van der Waals surface area contributed by atoms with Crippen molar-refractivity contribution in [1.82, 2.24) is 14.7 Å². The minimum Gasteiger partial charge on any atom is -0.497 e. The van der Waals surface area contributed by atoms with Gasteiger partial charge in [-0.2, -0.15) is 18.3 Å². The van der Waals surface area contributed by atoms with Crippen LogP contribution in [0.15, 0.2) is 48.5 Å². The number of urea groups is 1. The van der Waals surface area contributed by atoms with Crippen molar-refractivity contribution in [3.8, 4) is 22.7 Å². The van der Waals surface area contributed by atoms with E-state index in [4.69, 9.17) is 15.6 Å². The predicted octanol–water partition coefficient (Wildman–Crippen LogP) is 7.02. The number of ether oxygens (including phenoxy) is 1. The Morgan fingerprint density at radius 2 is 1.73 bits per heavy atom. The number of fused-ring (bicyclic) bond motifs is 1. The lowest BCUT2D eigenvalue weighted by molar-refractivity contribution is -0.138. The van der Waals surface area contributed by atoms with Crippen LogP contribution in [0.1, 0.15) is 47.4 Å². The van der Waals surface area contributed by atoms with Crippen LogP contribution in [0.2, 0.25) is 0 Å². The summed E-state index contributed by atoms with van der Waals surface area (Å²) in [4.78, 5) is 13.2. The zero-order chi connectivity index (χ0) is 31.8. The monoisotopic (exact) mass is 613 g/mol. The summed E-state index contributed by atoms with van der Waals surface area (Å²) in [6, 6.07) is 10.3. The Bertz CT molecular complexity index is 1690. The molecule has 232 valence electrons. The van der Waals surface area contributed by atoms with Crippen molar-refractivity contribution >= 4 is 11.7 Å². The average molecular weight is 614 g/mol. The summed E-state index contributed by atoms with van der Waals surface area (Å²) in [5.41, 5.74) is 8.04. The molecule has 7 nitrogen and oxygen atoms in total. The molecule has 0 radical (unpaired) electrons. The number of rotatable bonds is 8. The Kier molecular flexibility index (Phi) is 8.64. The van der Waals surface area contributed by atoms with E-state index in [2.05, 4.69) is 5.32 Å². The summed E-state index contributed by atoms with van der Waals surface area (Å²) < 4.78 is 79.6. The van der Waals surface area contributed by atoms with Gasteiger partial charge >= 0.3 is 12.2 Å². The van der Waals surface area contributed by atoms with E-state index in [1.54, 1.807) is 4.68 Å². The number of hydrogen-bond acceptors (Lipinski definition) is 4. The van der Waals surface area contributed by atoms with Gasteiger partial charge in [0.15, 0.2) is 0 Å². The van der Waals surface area contributed by atoms with Crippen LogP contribution in [0, 0.1) is 11.6 Å². The van der Waals surface area contributed by atoms with Gasteiger partial charge in [0.2, 0.25) is 0 Å². The Balaban J connectivity index is 1.67. The number of nitrogens with zero attached hydrogens (tertiary/aromatic N) is 3. The molecule has 0 saturated carbocycles. The van der Waals surface area contributed by atoms with Gasteiger partial charge in [-0.1, -0.05) is 32.0 Å². The molecule has 0 saturated heterocycles. The number of hydrogen-bond donors (Lipinski definition) is 2. The highest BCUT2D eigenvalue weighted by Crippen LogP contribution is 2.39. The second kappa shape index (κ2) is 12.3. The number of halogens is 5. The van der Waals surface area contributed by atoms with Crippen LogP contribution in [0.4, 0.5) is 32.4 Å². The molecule has 0 spiro atoms. The van der Waals surface area contributed by atoms with Crippen molar-refractivity contribution in [2.45, 2.75) is 52.4 Å². The van der Waals surface area contributed by atoms with Crippen LogP contribution in [0.3, 0.4) is 0 Å². The van der Waals surface area contributed by atoms with Gasteiger partial charge in [0.25, 0.3) is 0 Å². The van der Waals surface area contributed by atoms with E-state index in [0.29, 0.717) is 48.5 Å². The predicted molar refractivity (Wildman–Crippen MR) is 157 cm³/mol. The first-order valence-corrected chi connectivity index (χ1v) is 14.2. The lowest BCUT2D eigenvalue weighted by Crippen LogP contribution is -2.31. The highest BCUT2D eigenvalue weighted by molar-refractivity contribution is 5.88. The second-order valence-corrected chi connectivity index (χ2v) is 10.6. The van der Waals surface area contributed by atoms with Gasteiger partial charge in [-0.3, -0.25) is 4.90 Å². The summed E-state index contributed by atoms with van der Waals surface area (Å²) in [6.45, 7) is 4.45. The van der Waals surface area contributed by atoms with Crippen LogP contribution in [0.5, 0.6) is 5.75 Å². The third-order valence-corrected chi connectivity index (χ3v) is 7.87. The lowest BCUT2D eigenvalue weighted by Gasteiger charge is -2.28. The zero-order valence-electron chi connectivity index (χ0n) is 24.5. The molecule has 5 rings (SSSR count). The van der Waals surface area contributed by atoms with Crippen LogP contribution < -0.4 is 15.8 Å². The van der Waals surface area contributed by atoms with E-state index in [9.17, 15) is 18.0 Å². The maximum atomic E-state index is 15.8. The third kappa shape index (κ3) is 5.99. The molecule has 1 aliphatic heterocycles. The standard InChI is InChI=1S/C32H32F5N5O2/c1-4-18-7-6-8-19(5-2)29(18)42-30(22-14-26(34)28(15-25(22)33)39-31(38)43)23-17-41(12-11-27(23)40-42)16-20-13-21(44-3)9-10-24(20)32(35,36)37/h6-10,13-15H,4-5,11-12,16-17H2,1-3H3,(H3,38,39,43). The normalized spacial score (nSPS) is 13.5. The van der Waals surface area contributed by atoms with Crippen molar-refractivity contribution in [2.75, 3.05) is 19.0 Å². The van der Waals surface area contributed by atoms with Gasteiger partial charge in [0, 0.05) is 43.2 Å². The number of carbonyl (C=O) groups excluding carboxylic acids is 1. The second-order valence-electron chi connectivity index (χ2n) is 10.6. The van der Waals surface area contributed by atoms with Gasteiger partial charge < -0.3 is 15.8 Å². The number of alkyl halides is 3. The Labute approximate surface area is 251 Å². The average Bonchev–Trinajstić information content (AvgIpc) is 3.35. The van der Waals surface area contributed by atoms with Crippen LogP contribution in [0.25, 0.3) is 16.9 Å². The van der Waals surface area contributed by atoms with E-state index in [-0.39, 0.29) is 24.2 Å².